The Morgan fingerprint density at radius 3 is 2.44 bits per heavy atom. The highest BCUT2D eigenvalue weighted by Crippen LogP contribution is 2.11. The van der Waals surface area contributed by atoms with Crippen molar-refractivity contribution in [2.24, 2.45) is 0 Å². The van der Waals surface area contributed by atoms with E-state index in [1.165, 1.54) is 0 Å². The molecule has 0 bridgehead atoms. The molecular weight excluding hydrogens is 338 g/mol. The first kappa shape index (κ1) is 17.1. The summed E-state index contributed by atoms with van der Waals surface area (Å²) >= 11 is 0. The zero-order valence-corrected chi connectivity index (χ0v) is 14.4. The van der Waals surface area contributed by atoms with Gasteiger partial charge in [-0.15, -0.1) is 10.2 Å². The Morgan fingerprint density at radius 1 is 1.00 bits per heavy atom. The normalized spacial score (nSPS) is 11.9. The molecule has 0 unspecified atom stereocenters. The molecule has 7 heteroatoms. The Hall–Kier alpha value is -2.77. The summed E-state index contributed by atoms with van der Waals surface area (Å²) in [5, 5.41) is 7.72. The number of sulfonamides is 1. The first-order valence-corrected chi connectivity index (χ1v) is 9.13. The summed E-state index contributed by atoms with van der Waals surface area (Å²) < 4.78 is 32.3. The smallest absolute Gasteiger partial charge is 0.241 e. The maximum Gasteiger partial charge on any atom is 0.241 e. The molecular formula is C18H17N3O3S. The minimum atomic E-state index is -3.62. The van der Waals surface area contributed by atoms with Crippen molar-refractivity contribution in [3.63, 3.8) is 0 Å². The maximum atomic E-state index is 12.2. The number of rotatable bonds is 6. The van der Waals surface area contributed by atoms with Gasteiger partial charge in [0, 0.05) is 6.08 Å². The average Bonchev–Trinajstić information content (AvgIpc) is 3.08. The van der Waals surface area contributed by atoms with Gasteiger partial charge in [0.15, 0.2) is 0 Å². The van der Waals surface area contributed by atoms with Gasteiger partial charge in [0.05, 0.1) is 11.4 Å². The number of benzene rings is 2. The van der Waals surface area contributed by atoms with E-state index in [0.29, 0.717) is 5.89 Å². The standard InChI is InChI=1S/C18H17N3O3S/c1-14-7-10-16(11-8-14)25(22,23)19-13-18-21-20-17(24-18)12-9-15-5-3-2-4-6-15/h2-12,19H,13H2,1H3/b12-9+. The summed E-state index contributed by atoms with van der Waals surface area (Å²) in [7, 11) is -3.62. The Morgan fingerprint density at radius 2 is 1.72 bits per heavy atom. The van der Waals surface area contributed by atoms with Gasteiger partial charge in [-0.1, -0.05) is 48.0 Å². The van der Waals surface area contributed by atoms with Crippen molar-refractivity contribution < 1.29 is 12.8 Å². The van der Waals surface area contributed by atoms with Gasteiger partial charge in [-0.25, -0.2) is 13.1 Å². The van der Waals surface area contributed by atoms with E-state index in [4.69, 9.17) is 4.42 Å². The number of aryl methyl sites for hydroxylation is 1. The molecule has 0 amide bonds. The first-order chi connectivity index (χ1) is 12.0. The Kier molecular flexibility index (Phi) is 5.06. The van der Waals surface area contributed by atoms with Crippen LogP contribution < -0.4 is 4.72 Å². The largest absolute Gasteiger partial charge is 0.420 e. The highest BCUT2D eigenvalue weighted by molar-refractivity contribution is 7.89. The quantitative estimate of drug-likeness (QED) is 0.735. The lowest BCUT2D eigenvalue weighted by Crippen LogP contribution is -2.23. The topological polar surface area (TPSA) is 85.1 Å². The zero-order chi connectivity index (χ0) is 17.7. The summed E-state index contributed by atoms with van der Waals surface area (Å²) in [6.07, 6.45) is 3.52. The van der Waals surface area contributed by atoms with Crippen molar-refractivity contribution in [3.8, 4) is 0 Å². The minimum absolute atomic E-state index is 0.0671. The van der Waals surface area contributed by atoms with Crippen LogP contribution in [0.4, 0.5) is 0 Å². The summed E-state index contributed by atoms with van der Waals surface area (Å²) in [5.41, 5.74) is 1.99. The van der Waals surface area contributed by atoms with Crippen molar-refractivity contribution in [2.45, 2.75) is 18.4 Å². The molecule has 6 nitrogen and oxygen atoms in total. The second-order valence-electron chi connectivity index (χ2n) is 5.42. The van der Waals surface area contributed by atoms with Gasteiger partial charge in [0.2, 0.25) is 21.8 Å². The Balaban J connectivity index is 1.63. The van der Waals surface area contributed by atoms with Crippen LogP contribution in [0, 0.1) is 6.92 Å². The lowest BCUT2D eigenvalue weighted by Gasteiger charge is -2.04. The van der Waals surface area contributed by atoms with E-state index in [2.05, 4.69) is 14.9 Å². The van der Waals surface area contributed by atoms with E-state index in [9.17, 15) is 8.42 Å². The van der Waals surface area contributed by atoms with Crippen LogP contribution in [0.25, 0.3) is 12.2 Å². The number of hydrogen-bond acceptors (Lipinski definition) is 5. The molecule has 0 aliphatic carbocycles. The molecule has 0 saturated heterocycles. The fourth-order valence-corrected chi connectivity index (χ4v) is 3.07. The molecule has 3 rings (SSSR count). The van der Waals surface area contributed by atoms with E-state index in [-0.39, 0.29) is 17.3 Å². The molecule has 0 atom stereocenters. The van der Waals surface area contributed by atoms with Crippen LogP contribution in [0.3, 0.4) is 0 Å². The number of hydrogen-bond donors (Lipinski definition) is 1. The lowest BCUT2D eigenvalue weighted by atomic mass is 10.2. The zero-order valence-electron chi connectivity index (χ0n) is 13.6. The van der Waals surface area contributed by atoms with Crippen LogP contribution in [0.2, 0.25) is 0 Å². The van der Waals surface area contributed by atoms with E-state index in [0.717, 1.165) is 11.1 Å². The Bertz CT molecular complexity index is 962. The lowest BCUT2D eigenvalue weighted by molar-refractivity contribution is 0.476. The van der Waals surface area contributed by atoms with Crippen molar-refractivity contribution in [2.75, 3.05) is 0 Å². The van der Waals surface area contributed by atoms with E-state index >= 15 is 0 Å². The second kappa shape index (κ2) is 7.42. The van der Waals surface area contributed by atoms with Crippen LogP contribution in [0.5, 0.6) is 0 Å². The number of nitrogens with zero attached hydrogens (tertiary/aromatic N) is 2. The van der Waals surface area contributed by atoms with Crippen LogP contribution in [-0.4, -0.2) is 18.6 Å². The third-order valence-corrected chi connectivity index (χ3v) is 4.86. The minimum Gasteiger partial charge on any atom is -0.420 e. The highest BCUT2D eigenvalue weighted by Gasteiger charge is 2.15. The van der Waals surface area contributed by atoms with E-state index in [1.54, 1.807) is 30.3 Å². The monoisotopic (exact) mass is 355 g/mol. The Labute approximate surface area is 146 Å². The molecule has 0 saturated carbocycles. The molecule has 25 heavy (non-hydrogen) atoms. The highest BCUT2D eigenvalue weighted by atomic mass is 32.2. The van der Waals surface area contributed by atoms with Gasteiger partial charge < -0.3 is 4.42 Å². The van der Waals surface area contributed by atoms with Gasteiger partial charge in [-0.2, -0.15) is 0 Å². The number of nitrogens with one attached hydrogen (secondary N) is 1. The van der Waals surface area contributed by atoms with Crippen molar-refractivity contribution in [1.29, 1.82) is 0 Å². The number of aromatic nitrogens is 2. The molecule has 2 aromatic carbocycles. The summed E-state index contributed by atoms with van der Waals surface area (Å²) in [6.45, 7) is 1.83. The van der Waals surface area contributed by atoms with Crippen LogP contribution >= 0.6 is 0 Å². The molecule has 1 heterocycles. The molecule has 0 fully saturated rings. The summed E-state index contributed by atoms with van der Waals surface area (Å²) in [5.74, 6) is 0.511. The molecule has 0 spiro atoms. The first-order valence-electron chi connectivity index (χ1n) is 7.65. The van der Waals surface area contributed by atoms with Gasteiger partial charge in [-0.3, -0.25) is 0 Å². The third kappa shape index (κ3) is 4.62. The van der Waals surface area contributed by atoms with Crippen molar-refractivity contribution in [1.82, 2.24) is 14.9 Å². The van der Waals surface area contributed by atoms with E-state index in [1.807, 2.05) is 43.3 Å². The van der Waals surface area contributed by atoms with Crippen LogP contribution in [0.1, 0.15) is 22.9 Å². The van der Waals surface area contributed by atoms with Crippen molar-refractivity contribution >= 4 is 22.2 Å². The predicted octanol–water partition coefficient (Wildman–Crippen LogP) is 3.03. The molecule has 0 radical (unpaired) electrons. The van der Waals surface area contributed by atoms with E-state index < -0.39 is 10.0 Å². The van der Waals surface area contributed by atoms with Gasteiger partial charge in [0.1, 0.15) is 0 Å². The molecule has 3 aromatic rings. The van der Waals surface area contributed by atoms with Gasteiger partial charge >= 0.3 is 0 Å². The molecule has 0 aliphatic rings. The summed E-state index contributed by atoms with van der Waals surface area (Å²) in [6, 6.07) is 16.3. The average molecular weight is 355 g/mol. The van der Waals surface area contributed by atoms with Crippen molar-refractivity contribution in [3.05, 3.63) is 77.5 Å². The summed E-state index contributed by atoms with van der Waals surface area (Å²) in [4.78, 5) is 0.196. The molecule has 0 aliphatic heterocycles. The van der Waals surface area contributed by atoms with Crippen LogP contribution in [-0.2, 0) is 16.6 Å². The fraction of sp³-hybridized carbons (Fsp3) is 0.111. The SMILES string of the molecule is Cc1ccc(S(=O)(=O)NCc2nnc(/C=C/c3ccccc3)o2)cc1. The molecule has 1 aromatic heterocycles. The van der Waals surface area contributed by atoms with Crippen LogP contribution in [0.15, 0.2) is 63.9 Å². The molecule has 1 N–H and O–H groups in total. The second-order valence-corrected chi connectivity index (χ2v) is 7.18. The predicted molar refractivity (Wildman–Crippen MR) is 94.9 cm³/mol. The fourth-order valence-electron chi connectivity index (χ4n) is 2.09. The van der Waals surface area contributed by atoms with Gasteiger partial charge in [-0.05, 0) is 30.7 Å². The molecule has 128 valence electrons. The maximum absolute atomic E-state index is 12.2. The van der Waals surface area contributed by atoms with Gasteiger partial charge in [0.25, 0.3) is 0 Å². The third-order valence-electron chi connectivity index (χ3n) is 3.45.